The molecule has 5 nitrogen and oxygen atoms in total. The number of methoxy groups -OCH3 is 2. The van der Waals surface area contributed by atoms with Crippen LogP contribution in [0.3, 0.4) is 0 Å². The van der Waals surface area contributed by atoms with Gasteiger partial charge in [0.25, 0.3) is 0 Å². The van der Waals surface area contributed by atoms with E-state index in [1.807, 2.05) is 91.0 Å². The summed E-state index contributed by atoms with van der Waals surface area (Å²) in [6.45, 7) is 0. The third-order valence-corrected chi connectivity index (χ3v) is 7.50. The van der Waals surface area contributed by atoms with Gasteiger partial charge in [0.2, 0.25) is 0 Å². The monoisotopic (exact) mass is 433 g/mol. The van der Waals surface area contributed by atoms with Crippen molar-refractivity contribution >= 4 is 29.4 Å². The highest BCUT2D eigenvalue weighted by molar-refractivity contribution is 8.10. The molecular weight excluding hydrogens is 410 g/mol. The zero-order chi connectivity index (χ0) is 21.9. The molecule has 1 aliphatic heterocycles. The molecular formula is C25H23NO4S. The Balaban J connectivity index is 1.92. The second-order valence-corrected chi connectivity index (χ2v) is 8.67. The summed E-state index contributed by atoms with van der Waals surface area (Å²) in [7, 11) is 2.67. The second kappa shape index (κ2) is 8.47. The quantitative estimate of drug-likeness (QED) is 0.444. The number of hydrogen-bond acceptors (Lipinski definition) is 6. The number of ether oxygens (including phenoxy) is 2. The molecule has 3 aromatic carbocycles. The van der Waals surface area contributed by atoms with Crippen LogP contribution in [0.2, 0.25) is 0 Å². The van der Waals surface area contributed by atoms with Crippen molar-refractivity contribution in [3.05, 3.63) is 102 Å². The van der Waals surface area contributed by atoms with E-state index in [1.54, 1.807) is 0 Å². The normalized spacial score (nSPS) is 19.7. The SMILES string of the molecule is COC(=O)[C@H](Nc1ccccc1)[C@]1(C(=O)OC)SC1(c1ccccc1)c1ccccc1. The van der Waals surface area contributed by atoms with E-state index in [2.05, 4.69) is 5.32 Å². The van der Waals surface area contributed by atoms with Crippen LogP contribution < -0.4 is 5.32 Å². The zero-order valence-electron chi connectivity index (χ0n) is 17.3. The van der Waals surface area contributed by atoms with Gasteiger partial charge in [0, 0.05) is 5.69 Å². The van der Waals surface area contributed by atoms with Gasteiger partial charge in [-0.25, -0.2) is 4.79 Å². The van der Waals surface area contributed by atoms with Crippen molar-refractivity contribution in [3.63, 3.8) is 0 Å². The van der Waals surface area contributed by atoms with Crippen LogP contribution in [0.4, 0.5) is 5.69 Å². The molecule has 2 atom stereocenters. The van der Waals surface area contributed by atoms with Gasteiger partial charge in [-0.1, -0.05) is 78.9 Å². The Morgan fingerprint density at radius 3 is 1.71 bits per heavy atom. The van der Waals surface area contributed by atoms with Crippen molar-refractivity contribution in [3.8, 4) is 0 Å². The predicted octanol–water partition coefficient (Wildman–Crippen LogP) is 4.24. The number of nitrogens with one attached hydrogen (secondary N) is 1. The van der Waals surface area contributed by atoms with E-state index in [0.717, 1.165) is 11.1 Å². The number of benzene rings is 3. The van der Waals surface area contributed by atoms with Crippen LogP contribution >= 0.6 is 11.8 Å². The van der Waals surface area contributed by atoms with Crippen LogP contribution in [0.15, 0.2) is 91.0 Å². The molecule has 0 unspecified atom stereocenters. The molecule has 158 valence electrons. The second-order valence-electron chi connectivity index (χ2n) is 7.21. The Morgan fingerprint density at radius 1 is 0.774 bits per heavy atom. The largest absolute Gasteiger partial charge is 0.468 e. The van der Waals surface area contributed by atoms with Crippen LogP contribution in [0.25, 0.3) is 0 Å². The van der Waals surface area contributed by atoms with Gasteiger partial charge in [-0.05, 0) is 23.3 Å². The molecule has 1 saturated heterocycles. The molecule has 0 bridgehead atoms. The van der Waals surface area contributed by atoms with Gasteiger partial charge in [0.05, 0.1) is 19.0 Å². The molecule has 0 amide bonds. The summed E-state index contributed by atoms with van der Waals surface area (Å²) in [5.41, 5.74) is 2.55. The molecule has 1 fully saturated rings. The molecule has 1 aliphatic rings. The molecule has 4 rings (SSSR count). The molecule has 3 aromatic rings. The fraction of sp³-hybridized carbons (Fsp3) is 0.200. The van der Waals surface area contributed by atoms with E-state index in [9.17, 15) is 9.59 Å². The van der Waals surface area contributed by atoms with E-state index in [1.165, 1.54) is 26.0 Å². The molecule has 0 aliphatic carbocycles. The Hall–Kier alpha value is -3.25. The topological polar surface area (TPSA) is 64.6 Å². The maximum atomic E-state index is 13.4. The van der Waals surface area contributed by atoms with Crippen LogP contribution in [0.1, 0.15) is 11.1 Å². The third-order valence-electron chi connectivity index (χ3n) is 5.57. The molecule has 1 heterocycles. The summed E-state index contributed by atoms with van der Waals surface area (Å²) in [5, 5.41) is 3.25. The van der Waals surface area contributed by atoms with Gasteiger partial charge in [-0.2, -0.15) is 0 Å². The van der Waals surface area contributed by atoms with E-state index >= 15 is 0 Å². The first kappa shape index (κ1) is 21.0. The lowest BCUT2D eigenvalue weighted by Crippen LogP contribution is -2.52. The van der Waals surface area contributed by atoms with Gasteiger partial charge in [0.1, 0.15) is 0 Å². The minimum atomic E-state index is -1.26. The average molecular weight is 434 g/mol. The minimum Gasteiger partial charge on any atom is -0.468 e. The Bertz CT molecular complexity index is 1020. The average Bonchev–Trinajstić information content (AvgIpc) is 3.55. The maximum absolute atomic E-state index is 13.4. The highest BCUT2D eigenvalue weighted by Crippen LogP contribution is 2.75. The highest BCUT2D eigenvalue weighted by Gasteiger charge is 2.81. The van der Waals surface area contributed by atoms with Crippen molar-refractivity contribution in [2.45, 2.75) is 15.5 Å². The summed E-state index contributed by atoms with van der Waals surface area (Å²) in [5.74, 6) is -1.01. The van der Waals surface area contributed by atoms with Gasteiger partial charge in [-0.3, -0.25) is 4.79 Å². The van der Waals surface area contributed by atoms with Crippen molar-refractivity contribution in [2.75, 3.05) is 19.5 Å². The Labute approximate surface area is 185 Å². The molecule has 6 heteroatoms. The molecule has 1 N–H and O–H groups in total. The van der Waals surface area contributed by atoms with Gasteiger partial charge < -0.3 is 14.8 Å². The zero-order valence-corrected chi connectivity index (χ0v) is 18.1. The van der Waals surface area contributed by atoms with Crippen LogP contribution in [-0.4, -0.2) is 36.9 Å². The molecule has 0 spiro atoms. The van der Waals surface area contributed by atoms with Crippen molar-refractivity contribution in [1.29, 1.82) is 0 Å². The van der Waals surface area contributed by atoms with Crippen LogP contribution in [-0.2, 0) is 23.8 Å². The number of rotatable bonds is 7. The predicted molar refractivity (Wildman–Crippen MR) is 122 cm³/mol. The third kappa shape index (κ3) is 3.37. The molecule has 0 aromatic heterocycles. The van der Waals surface area contributed by atoms with Crippen LogP contribution in [0, 0.1) is 0 Å². The minimum absolute atomic E-state index is 0.482. The Kier molecular flexibility index (Phi) is 5.74. The van der Waals surface area contributed by atoms with E-state index in [0.29, 0.717) is 5.69 Å². The van der Waals surface area contributed by atoms with Crippen molar-refractivity contribution in [2.24, 2.45) is 0 Å². The van der Waals surface area contributed by atoms with Crippen molar-refractivity contribution in [1.82, 2.24) is 0 Å². The van der Waals surface area contributed by atoms with E-state index in [4.69, 9.17) is 9.47 Å². The number of esters is 2. The van der Waals surface area contributed by atoms with Crippen LogP contribution in [0.5, 0.6) is 0 Å². The molecule has 0 saturated carbocycles. The highest BCUT2D eigenvalue weighted by atomic mass is 32.2. The first-order valence-corrected chi connectivity index (χ1v) is 10.7. The first-order valence-electron chi connectivity index (χ1n) is 9.89. The Morgan fingerprint density at radius 2 is 1.26 bits per heavy atom. The lowest BCUT2D eigenvalue weighted by molar-refractivity contribution is -0.150. The number of carbonyl (C=O) groups excluding carboxylic acids is 2. The smallest absolute Gasteiger partial charge is 0.330 e. The van der Waals surface area contributed by atoms with E-state index in [-0.39, 0.29) is 0 Å². The summed E-state index contributed by atoms with van der Waals surface area (Å²) >= 11 is 1.40. The van der Waals surface area contributed by atoms with Crippen molar-refractivity contribution < 1.29 is 19.1 Å². The summed E-state index contributed by atoms with van der Waals surface area (Å²) < 4.78 is 8.36. The lowest BCUT2D eigenvalue weighted by atomic mass is 9.76. The maximum Gasteiger partial charge on any atom is 0.330 e. The summed E-state index contributed by atoms with van der Waals surface area (Å²) in [6.07, 6.45) is 0. The standard InChI is InChI=1S/C25H23NO4S/c1-29-22(27)21(26-20-16-10-5-11-17-20)25(23(28)30-2)24(31-25,18-12-6-3-7-13-18)19-14-8-4-9-15-19/h3-17,21,26H,1-2H3/t21-,25+/m0/s1. The fourth-order valence-corrected chi connectivity index (χ4v) is 5.95. The van der Waals surface area contributed by atoms with Gasteiger partial charge in [-0.15, -0.1) is 11.8 Å². The van der Waals surface area contributed by atoms with Gasteiger partial charge >= 0.3 is 11.9 Å². The van der Waals surface area contributed by atoms with Gasteiger partial charge in [0.15, 0.2) is 10.8 Å². The fourth-order valence-electron chi connectivity index (χ4n) is 4.14. The number of hydrogen-bond donors (Lipinski definition) is 1. The molecule has 0 radical (unpaired) electrons. The number of para-hydroxylation sites is 1. The number of thioether (sulfide) groups is 1. The molecule has 31 heavy (non-hydrogen) atoms. The first-order chi connectivity index (χ1) is 15.1. The summed E-state index contributed by atoms with van der Waals surface area (Å²) in [4.78, 5) is 26.5. The lowest BCUT2D eigenvalue weighted by Gasteiger charge is -2.29. The summed E-state index contributed by atoms with van der Waals surface area (Å²) in [6, 6.07) is 27.8. The van der Waals surface area contributed by atoms with E-state index < -0.39 is 27.5 Å². The number of carbonyl (C=O) groups is 2. The number of anilines is 1.